The molecule has 0 aliphatic heterocycles. The molecule has 3 heteroatoms. The number of nitrogens with zero attached hydrogens (tertiary/aromatic N) is 2. The fraction of sp³-hybridized carbons (Fsp3) is 0.200. The van der Waals surface area contributed by atoms with E-state index in [1.165, 1.54) is 0 Å². The minimum absolute atomic E-state index is 0.693. The Hall–Kier alpha value is -2.68. The lowest BCUT2D eigenvalue weighted by Gasteiger charge is -2.10. The topological polar surface area (TPSA) is 37.8 Å². The second-order valence-electron chi connectivity index (χ2n) is 5.47. The molecule has 2 aromatic carbocycles. The van der Waals surface area contributed by atoms with Crippen LogP contribution in [0, 0.1) is 0 Å². The van der Waals surface area contributed by atoms with E-state index in [0.717, 1.165) is 41.9 Å². The van der Waals surface area contributed by atoms with E-state index in [1.54, 1.807) is 0 Å². The fourth-order valence-corrected chi connectivity index (χ4v) is 2.42. The summed E-state index contributed by atoms with van der Waals surface area (Å²) < 4.78 is 0. The van der Waals surface area contributed by atoms with Crippen molar-refractivity contribution >= 4 is 5.95 Å². The number of hydrogen-bond acceptors (Lipinski definition) is 3. The summed E-state index contributed by atoms with van der Waals surface area (Å²) in [6, 6.07) is 22.5. The van der Waals surface area contributed by atoms with Gasteiger partial charge in [-0.3, -0.25) is 0 Å². The molecular formula is C20H21N3. The molecule has 3 aromatic rings. The van der Waals surface area contributed by atoms with Crippen molar-refractivity contribution in [3.63, 3.8) is 0 Å². The molecule has 1 heterocycles. The van der Waals surface area contributed by atoms with E-state index in [-0.39, 0.29) is 0 Å². The summed E-state index contributed by atoms with van der Waals surface area (Å²) in [5.74, 6) is 0.693. The number of hydrogen-bond donors (Lipinski definition) is 1. The van der Waals surface area contributed by atoms with Crippen molar-refractivity contribution in [2.45, 2.75) is 19.8 Å². The molecule has 1 N–H and O–H groups in total. The third kappa shape index (κ3) is 3.95. The molecule has 0 bridgehead atoms. The summed E-state index contributed by atoms with van der Waals surface area (Å²) in [5, 5.41) is 3.34. The van der Waals surface area contributed by atoms with Crippen LogP contribution in [0.5, 0.6) is 0 Å². The molecule has 0 saturated heterocycles. The van der Waals surface area contributed by atoms with E-state index in [1.807, 2.05) is 36.4 Å². The lowest BCUT2D eigenvalue weighted by molar-refractivity contribution is 0.827. The number of unbranched alkanes of at least 4 members (excludes halogenated alkanes) is 1. The summed E-state index contributed by atoms with van der Waals surface area (Å²) in [5.41, 5.74) is 4.09. The summed E-state index contributed by atoms with van der Waals surface area (Å²) in [6.45, 7) is 3.07. The SMILES string of the molecule is CCCCNc1nc(-c2ccccc2)cc(-c2ccccc2)n1. The van der Waals surface area contributed by atoms with Gasteiger partial charge in [-0.25, -0.2) is 9.97 Å². The maximum Gasteiger partial charge on any atom is 0.223 e. The molecule has 23 heavy (non-hydrogen) atoms. The van der Waals surface area contributed by atoms with Gasteiger partial charge in [-0.15, -0.1) is 0 Å². The van der Waals surface area contributed by atoms with E-state index >= 15 is 0 Å². The minimum atomic E-state index is 0.693. The zero-order chi connectivity index (χ0) is 15.9. The largest absolute Gasteiger partial charge is 0.354 e. The highest BCUT2D eigenvalue weighted by atomic mass is 15.1. The first-order valence-electron chi connectivity index (χ1n) is 8.10. The van der Waals surface area contributed by atoms with E-state index in [0.29, 0.717) is 5.95 Å². The lowest BCUT2D eigenvalue weighted by Crippen LogP contribution is -2.06. The summed E-state index contributed by atoms with van der Waals surface area (Å²) in [6.07, 6.45) is 2.26. The number of nitrogens with one attached hydrogen (secondary N) is 1. The van der Waals surface area contributed by atoms with Gasteiger partial charge in [-0.1, -0.05) is 74.0 Å². The molecule has 0 amide bonds. The fourth-order valence-electron chi connectivity index (χ4n) is 2.42. The summed E-state index contributed by atoms with van der Waals surface area (Å²) in [7, 11) is 0. The van der Waals surface area contributed by atoms with E-state index in [2.05, 4.69) is 52.5 Å². The molecule has 1 aromatic heterocycles. The van der Waals surface area contributed by atoms with E-state index in [9.17, 15) is 0 Å². The molecule has 0 atom stereocenters. The minimum Gasteiger partial charge on any atom is -0.354 e. The van der Waals surface area contributed by atoms with Gasteiger partial charge in [0.2, 0.25) is 5.95 Å². The zero-order valence-electron chi connectivity index (χ0n) is 13.4. The van der Waals surface area contributed by atoms with Gasteiger partial charge in [0, 0.05) is 17.7 Å². The van der Waals surface area contributed by atoms with Gasteiger partial charge in [-0.05, 0) is 12.5 Å². The van der Waals surface area contributed by atoms with Crippen molar-refractivity contribution in [3.8, 4) is 22.5 Å². The van der Waals surface area contributed by atoms with Crippen molar-refractivity contribution < 1.29 is 0 Å². The Kier molecular flexibility index (Phi) is 4.99. The van der Waals surface area contributed by atoms with Crippen LogP contribution in [-0.4, -0.2) is 16.5 Å². The Balaban J connectivity index is 2.00. The Morgan fingerprint density at radius 3 is 1.78 bits per heavy atom. The van der Waals surface area contributed by atoms with Crippen LogP contribution in [-0.2, 0) is 0 Å². The van der Waals surface area contributed by atoms with Crippen LogP contribution < -0.4 is 5.32 Å². The van der Waals surface area contributed by atoms with Crippen LogP contribution in [0.25, 0.3) is 22.5 Å². The lowest BCUT2D eigenvalue weighted by atomic mass is 10.1. The highest BCUT2D eigenvalue weighted by molar-refractivity contribution is 5.69. The van der Waals surface area contributed by atoms with Crippen molar-refractivity contribution in [1.29, 1.82) is 0 Å². The summed E-state index contributed by atoms with van der Waals surface area (Å²) in [4.78, 5) is 9.36. The van der Waals surface area contributed by atoms with Crippen molar-refractivity contribution in [1.82, 2.24) is 9.97 Å². The smallest absolute Gasteiger partial charge is 0.223 e. The Bertz CT molecular complexity index is 682. The molecule has 0 radical (unpaired) electrons. The van der Waals surface area contributed by atoms with Gasteiger partial charge >= 0.3 is 0 Å². The van der Waals surface area contributed by atoms with Crippen LogP contribution in [0.15, 0.2) is 66.7 Å². The standard InChI is InChI=1S/C20H21N3/c1-2-3-14-21-20-22-18(16-10-6-4-7-11-16)15-19(23-20)17-12-8-5-9-13-17/h4-13,15H,2-3,14H2,1H3,(H,21,22,23). The molecule has 0 fully saturated rings. The zero-order valence-corrected chi connectivity index (χ0v) is 13.4. The monoisotopic (exact) mass is 303 g/mol. The molecule has 3 rings (SSSR count). The maximum atomic E-state index is 4.68. The van der Waals surface area contributed by atoms with Gasteiger partial charge in [0.1, 0.15) is 0 Å². The second kappa shape index (κ2) is 7.54. The number of rotatable bonds is 6. The van der Waals surface area contributed by atoms with Gasteiger partial charge in [0.15, 0.2) is 0 Å². The van der Waals surface area contributed by atoms with E-state index in [4.69, 9.17) is 0 Å². The molecule has 0 aliphatic rings. The first kappa shape index (κ1) is 15.2. The maximum absolute atomic E-state index is 4.68. The quantitative estimate of drug-likeness (QED) is 0.649. The van der Waals surface area contributed by atoms with Gasteiger partial charge in [0.05, 0.1) is 11.4 Å². The van der Waals surface area contributed by atoms with Crippen LogP contribution in [0.1, 0.15) is 19.8 Å². The molecule has 0 aliphatic carbocycles. The van der Waals surface area contributed by atoms with Crippen LogP contribution in [0.3, 0.4) is 0 Å². The van der Waals surface area contributed by atoms with Gasteiger partial charge in [0.25, 0.3) is 0 Å². The second-order valence-corrected chi connectivity index (χ2v) is 5.47. The predicted molar refractivity (Wildman–Crippen MR) is 96.3 cm³/mol. The molecule has 0 unspecified atom stereocenters. The Morgan fingerprint density at radius 2 is 1.30 bits per heavy atom. The Morgan fingerprint density at radius 1 is 0.783 bits per heavy atom. The van der Waals surface area contributed by atoms with Crippen LogP contribution in [0.4, 0.5) is 5.95 Å². The molecule has 0 spiro atoms. The third-order valence-electron chi connectivity index (χ3n) is 3.68. The van der Waals surface area contributed by atoms with Crippen molar-refractivity contribution in [2.24, 2.45) is 0 Å². The average Bonchev–Trinajstić information content (AvgIpc) is 2.63. The van der Waals surface area contributed by atoms with Gasteiger partial charge < -0.3 is 5.32 Å². The van der Waals surface area contributed by atoms with Crippen LogP contribution in [0.2, 0.25) is 0 Å². The Labute approximate surface area is 137 Å². The van der Waals surface area contributed by atoms with Crippen LogP contribution >= 0.6 is 0 Å². The highest BCUT2D eigenvalue weighted by Gasteiger charge is 2.08. The first-order valence-corrected chi connectivity index (χ1v) is 8.10. The first-order chi connectivity index (χ1) is 11.4. The van der Waals surface area contributed by atoms with Gasteiger partial charge in [-0.2, -0.15) is 0 Å². The molecule has 0 saturated carbocycles. The molecule has 116 valence electrons. The number of benzene rings is 2. The highest BCUT2D eigenvalue weighted by Crippen LogP contribution is 2.24. The number of anilines is 1. The normalized spacial score (nSPS) is 10.5. The van der Waals surface area contributed by atoms with Crippen molar-refractivity contribution in [2.75, 3.05) is 11.9 Å². The number of aromatic nitrogens is 2. The molecular weight excluding hydrogens is 282 g/mol. The van der Waals surface area contributed by atoms with Crippen molar-refractivity contribution in [3.05, 3.63) is 66.7 Å². The average molecular weight is 303 g/mol. The summed E-state index contributed by atoms with van der Waals surface area (Å²) >= 11 is 0. The predicted octanol–water partition coefficient (Wildman–Crippen LogP) is 5.02. The van der Waals surface area contributed by atoms with E-state index < -0.39 is 0 Å². The molecule has 3 nitrogen and oxygen atoms in total. The third-order valence-corrected chi connectivity index (χ3v) is 3.68.